The third-order valence-electron chi connectivity index (χ3n) is 2.81. The molecule has 20 heavy (non-hydrogen) atoms. The molecule has 116 valence electrons. The summed E-state index contributed by atoms with van der Waals surface area (Å²) in [4.78, 5) is 0. The van der Waals surface area contributed by atoms with Crippen LogP contribution in [0.4, 0.5) is 13.2 Å². The van der Waals surface area contributed by atoms with Gasteiger partial charge in [0.05, 0.1) is 11.7 Å². The minimum absolute atomic E-state index is 0.0396. The number of hydrogen-bond acceptors (Lipinski definition) is 3. The quantitative estimate of drug-likeness (QED) is 0.712. The monoisotopic (exact) mass is 293 g/mol. The molecule has 0 amide bonds. The molecule has 1 aromatic heterocycles. The van der Waals surface area contributed by atoms with Crippen LogP contribution in [0.1, 0.15) is 38.4 Å². The Morgan fingerprint density at radius 3 is 2.75 bits per heavy atom. The van der Waals surface area contributed by atoms with Crippen molar-refractivity contribution in [2.24, 2.45) is 0 Å². The average molecular weight is 293 g/mol. The lowest BCUT2D eigenvalue weighted by molar-refractivity contribution is -0.174. The first-order valence-corrected chi connectivity index (χ1v) is 6.87. The molecule has 1 heterocycles. The molecule has 0 saturated carbocycles. The minimum atomic E-state index is -4.27. The van der Waals surface area contributed by atoms with E-state index in [1.165, 1.54) is 0 Å². The van der Waals surface area contributed by atoms with Crippen molar-refractivity contribution in [2.75, 3.05) is 19.8 Å². The number of halogens is 3. The Hall–Kier alpha value is -1.08. The van der Waals surface area contributed by atoms with Gasteiger partial charge in [-0.2, -0.15) is 18.3 Å². The van der Waals surface area contributed by atoms with Crippen LogP contribution in [0, 0.1) is 0 Å². The molecule has 1 atom stereocenters. The van der Waals surface area contributed by atoms with E-state index < -0.39 is 12.8 Å². The summed E-state index contributed by atoms with van der Waals surface area (Å²) < 4.78 is 42.6. The number of ether oxygens (including phenoxy) is 1. The maximum absolute atomic E-state index is 12.0. The molecule has 0 aliphatic carbocycles. The van der Waals surface area contributed by atoms with Gasteiger partial charge < -0.3 is 10.1 Å². The van der Waals surface area contributed by atoms with Gasteiger partial charge in [-0.3, -0.25) is 4.68 Å². The number of rotatable bonds is 9. The molecular weight excluding hydrogens is 271 g/mol. The topological polar surface area (TPSA) is 39.1 Å². The summed E-state index contributed by atoms with van der Waals surface area (Å²) in [6.07, 6.45) is -1.11. The second-order valence-corrected chi connectivity index (χ2v) is 4.55. The number of aryl methyl sites for hydroxylation is 1. The average Bonchev–Trinajstić information content (AvgIpc) is 2.80. The van der Waals surface area contributed by atoms with E-state index in [2.05, 4.69) is 22.1 Å². The second kappa shape index (κ2) is 8.26. The molecule has 1 aromatic rings. The van der Waals surface area contributed by atoms with E-state index in [0.29, 0.717) is 6.42 Å². The van der Waals surface area contributed by atoms with Gasteiger partial charge in [-0.05, 0) is 25.5 Å². The van der Waals surface area contributed by atoms with Crippen LogP contribution in [0.15, 0.2) is 12.3 Å². The smallest absolute Gasteiger partial charge is 0.372 e. The van der Waals surface area contributed by atoms with Gasteiger partial charge in [0.1, 0.15) is 6.61 Å². The molecule has 0 aliphatic rings. The van der Waals surface area contributed by atoms with Crippen molar-refractivity contribution in [3.05, 3.63) is 18.0 Å². The van der Waals surface area contributed by atoms with Crippen LogP contribution >= 0.6 is 0 Å². The number of hydrogen-bond donors (Lipinski definition) is 1. The Bertz CT molecular complexity index is 379. The number of aromatic nitrogens is 2. The normalized spacial score (nSPS) is 13.7. The highest BCUT2D eigenvalue weighted by molar-refractivity contribution is 5.07. The molecule has 7 heteroatoms. The molecule has 1 unspecified atom stereocenters. The van der Waals surface area contributed by atoms with Crippen molar-refractivity contribution >= 4 is 0 Å². The fourth-order valence-electron chi connectivity index (χ4n) is 2.03. The zero-order chi connectivity index (χ0) is 15.0. The highest BCUT2D eigenvalue weighted by atomic mass is 19.4. The predicted octanol–water partition coefficient (Wildman–Crippen LogP) is 2.91. The molecule has 0 aliphatic heterocycles. The first-order chi connectivity index (χ1) is 9.48. The first kappa shape index (κ1) is 17.0. The molecule has 0 spiro atoms. The zero-order valence-electron chi connectivity index (χ0n) is 11.9. The fraction of sp³-hybridized carbons (Fsp3) is 0.769. The van der Waals surface area contributed by atoms with Gasteiger partial charge in [0.25, 0.3) is 0 Å². The molecule has 0 fully saturated rings. The Labute approximate surface area is 117 Å². The van der Waals surface area contributed by atoms with E-state index in [-0.39, 0.29) is 12.6 Å². The third kappa shape index (κ3) is 5.92. The summed E-state index contributed by atoms with van der Waals surface area (Å²) in [7, 11) is 0. The highest BCUT2D eigenvalue weighted by Gasteiger charge is 2.27. The molecule has 0 radical (unpaired) electrons. The summed E-state index contributed by atoms with van der Waals surface area (Å²) in [5.74, 6) is 0. The van der Waals surface area contributed by atoms with Crippen molar-refractivity contribution < 1.29 is 17.9 Å². The minimum Gasteiger partial charge on any atom is -0.372 e. The Kier molecular flexibility index (Phi) is 7.01. The third-order valence-corrected chi connectivity index (χ3v) is 2.81. The standard InChI is InChI=1S/C13H22F3N3O/c1-3-8-19-12(5-7-18-19)11(17-4-2)6-9-20-10-13(14,15)16/h5,7,11,17H,3-4,6,8-10H2,1-2H3. The summed E-state index contributed by atoms with van der Waals surface area (Å²) >= 11 is 0. The van der Waals surface area contributed by atoms with Crippen LogP contribution in [0.2, 0.25) is 0 Å². The number of nitrogens with zero attached hydrogens (tertiary/aromatic N) is 2. The molecule has 0 bridgehead atoms. The Morgan fingerprint density at radius 1 is 1.40 bits per heavy atom. The summed E-state index contributed by atoms with van der Waals surface area (Å²) in [5.41, 5.74) is 0.990. The fourth-order valence-corrected chi connectivity index (χ4v) is 2.03. The predicted molar refractivity (Wildman–Crippen MR) is 70.4 cm³/mol. The second-order valence-electron chi connectivity index (χ2n) is 4.55. The van der Waals surface area contributed by atoms with Crippen LogP contribution in [-0.4, -0.2) is 35.7 Å². The lowest BCUT2D eigenvalue weighted by Gasteiger charge is -2.19. The van der Waals surface area contributed by atoms with Gasteiger partial charge >= 0.3 is 6.18 Å². The molecule has 0 saturated heterocycles. The van der Waals surface area contributed by atoms with E-state index in [1.54, 1.807) is 6.20 Å². The molecule has 4 nitrogen and oxygen atoms in total. The van der Waals surface area contributed by atoms with Crippen LogP contribution < -0.4 is 5.32 Å². The van der Waals surface area contributed by atoms with Gasteiger partial charge in [-0.1, -0.05) is 13.8 Å². The van der Waals surface area contributed by atoms with Crippen molar-refractivity contribution in [3.8, 4) is 0 Å². The van der Waals surface area contributed by atoms with Crippen molar-refractivity contribution in [1.29, 1.82) is 0 Å². The largest absolute Gasteiger partial charge is 0.411 e. The summed E-state index contributed by atoms with van der Waals surface area (Å²) in [6, 6.07) is 1.86. The summed E-state index contributed by atoms with van der Waals surface area (Å²) in [6.45, 7) is 4.42. The van der Waals surface area contributed by atoms with Crippen LogP contribution in [0.25, 0.3) is 0 Å². The van der Waals surface area contributed by atoms with Crippen LogP contribution in [0.3, 0.4) is 0 Å². The summed E-state index contributed by atoms with van der Waals surface area (Å²) in [5, 5.41) is 7.49. The van der Waals surface area contributed by atoms with Crippen molar-refractivity contribution in [3.63, 3.8) is 0 Å². The van der Waals surface area contributed by atoms with Gasteiger partial charge in [-0.25, -0.2) is 0 Å². The highest BCUT2D eigenvalue weighted by Crippen LogP contribution is 2.19. The van der Waals surface area contributed by atoms with E-state index in [4.69, 9.17) is 0 Å². The van der Waals surface area contributed by atoms with Gasteiger partial charge in [0.2, 0.25) is 0 Å². The Morgan fingerprint density at radius 2 is 2.15 bits per heavy atom. The molecule has 1 N–H and O–H groups in total. The maximum Gasteiger partial charge on any atom is 0.411 e. The van der Waals surface area contributed by atoms with Gasteiger partial charge in [0, 0.05) is 19.3 Å². The lowest BCUT2D eigenvalue weighted by Crippen LogP contribution is -2.26. The van der Waals surface area contributed by atoms with Crippen molar-refractivity contribution in [2.45, 2.75) is 45.5 Å². The van der Waals surface area contributed by atoms with E-state index in [1.807, 2.05) is 17.7 Å². The van der Waals surface area contributed by atoms with E-state index >= 15 is 0 Å². The Balaban J connectivity index is 2.53. The van der Waals surface area contributed by atoms with Crippen LogP contribution in [-0.2, 0) is 11.3 Å². The van der Waals surface area contributed by atoms with Crippen LogP contribution in [0.5, 0.6) is 0 Å². The first-order valence-electron chi connectivity index (χ1n) is 6.87. The molecular formula is C13H22F3N3O. The molecule has 0 aromatic carbocycles. The van der Waals surface area contributed by atoms with Gasteiger partial charge in [-0.15, -0.1) is 0 Å². The van der Waals surface area contributed by atoms with E-state index in [9.17, 15) is 13.2 Å². The maximum atomic E-state index is 12.0. The molecule has 1 rings (SSSR count). The van der Waals surface area contributed by atoms with Crippen molar-refractivity contribution in [1.82, 2.24) is 15.1 Å². The van der Waals surface area contributed by atoms with Gasteiger partial charge in [0.15, 0.2) is 0 Å². The SMILES string of the molecule is CCCn1nccc1C(CCOCC(F)(F)F)NCC. The number of nitrogens with one attached hydrogen (secondary N) is 1. The zero-order valence-corrected chi connectivity index (χ0v) is 11.9. The van der Waals surface area contributed by atoms with E-state index in [0.717, 1.165) is 25.2 Å². The lowest BCUT2D eigenvalue weighted by atomic mass is 10.1. The number of alkyl halides is 3.